The molecule has 32 heavy (non-hydrogen) atoms. The van der Waals surface area contributed by atoms with E-state index in [0.29, 0.717) is 0 Å². The van der Waals surface area contributed by atoms with Crippen LogP contribution in [0.2, 0.25) is 0 Å². The van der Waals surface area contributed by atoms with Gasteiger partial charge in [-0.3, -0.25) is 0 Å². The number of hydrogen-bond acceptors (Lipinski definition) is 0. The summed E-state index contributed by atoms with van der Waals surface area (Å²) in [6.07, 6.45) is 0. The van der Waals surface area contributed by atoms with Crippen molar-refractivity contribution in [1.82, 2.24) is 0 Å². The molecular formula is C32H24. The third kappa shape index (κ3) is 2.63. The lowest BCUT2D eigenvalue weighted by Crippen LogP contribution is -2.28. The van der Waals surface area contributed by atoms with E-state index in [1.165, 1.54) is 50.1 Å². The number of benzene rings is 5. The summed E-state index contributed by atoms with van der Waals surface area (Å²) in [7, 11) is 0. The molecule has 5 aromatic carbocycles. The molecule has 0 bridgehead atoms. The molecule has 0 nitrogen and oxygen atoms in total. The molecule has 152 valence electrons. The maximum absolute atomic E-state index is 2.43. The molecule has 0 unspecified atom stereocenters. The Bertz CT molecular complexity index is 1360. The Kier molecular flexibility index (Phi) is 4.33. The van der Waals surface area contributed by atoms with Crippen LogP contribution >= 0.6 is 0 Å². The predicted octanol–water partition coefficient (Wildman–Crippen LogP) is 8.03. The van der Waals surface area contributed by atoms with Crippen LogP contribution in [0.3, 0.4) is 0 Å². The lowest BCUT2D eigenvalue weighted by Gasteiger charge is -2.34. The van der Waals surface area contributed by atoms with Crippen LogP contribution in [0.5, 0.6) is 0 Å². The van der Waals surface area contributed by atoms with Crippen LogP contribution < -0.4 is 0 Å². The van der Waals surface area contributed by atoms with E-state index >= 15 is 0 Å². The van der Waals surface area contributed by atoms with Crippen LogP contribution in [-0.2, 0) is 5.41 Å². The van der Waals surface area contributed by atoms with Gasteiger partial charge in [0.1, 0.15) is 0 Å². The van der Waals surface area contributed by atoms with Gasteiger partial charge >= 0.3 is 0 Å². The summed E-state index contributed by atoms with van der Waals surface area (Å²) < 4.78 is 0. The van der Waals surface area contributed by atoms with Gasteiger partial charge in [0.15, 0.2) is 0 Å². The molecule has 0 spiro atoms. The fourth-order valence-corrected chi connectivity index (χ4v) is 5.52. The quantitative estimate of drug-likeness (QED) is 0.278. The van der Waals surface area contributed by atoms with E-state index in [9.17, 15) is 0 Å². The van der Waals surface area contributed by atoms with Gasteiger partial charge in [-0.15, -0.1) is 0 Å². The minimum absolute atomic E-state index is 0.325. The molecule has 0 aliphatic heterocycles. The molecule has 0 saturated carbocycles. The molecule has 6 rings (SSSR count). The number of hydrogen-bond donors (Lipinski definition) is 0. The van der Waals surface area contributed by atoms with Gasteiger partial charge in [-0.05, 0) is 63.1 Å². The minimum Gasteiger partial charge on any atom is -0.0622 e. The largest absolute Gasteiger partial charge is 0.0713 e. The highest BCUT2D eigenvalue weighted by Crippen LogP contribution is 2.56. The van der Waals surface area contributed by atoms with Crippen molar-refractivity contribution in [2.24, 2.45) is 0 Å². The lowest BCUT2D eigenvalue weighted by atomic mass is 9.67. The van der Waals surface area contributed by atoms with E-state index in [1.54, 1.807) is 0 Å². The van der Waals surface area contributed by atoms with Gasteiger partial charge in [0.2, 0.25) is 0 Å². The summed E-state index contributed by atoms with van der Waals surface area (Å²) in [6, 6.07) is 46.5. The number of rotatable bonds is 3. The Morgan fingerprint density at radius 2 is 0.969 bits per heavy atom. The Labute approximate surface area is 189 Å². The second-order valence-corrected chi connectivity index (χ2v) is 8.61. The molecule has 0 saturated heterocycles. The summed E-state index contributed by atoms with van der Waals surface area (Å²) in [6.45, 7) is 2.24. The first-order chi connectivity index (χ1) is 15.8. The SMILES string of the molecule is Cc1cc2c(cc1-c1ccccc1)-c1ccccc1C2(c1ccccc1)c1ccccc1. The van der Waals surface area contributed by atoms with Crippen molar-refractivity contribution in [2.45, 2.75) is 12.3 Å². The molecule has 0 aromatic heterocycles. The van der Waals surface area contributed by atoms with Gasteiger partial charge in [0, 0.05) is 0 Å². The normalized spacial score (nSPS) is 13.4. The summed E-state index contributed by atoms with van der Waals surface area (Å²) in [5, 5.41) is 0. The predicted molar refractivity (Wildman–Crippen MR) is 134 cm³/mol. The van der Waals surface area contributed by atoms with Crippen molar-refractivity contribution in [2.75, 3.05) is 0 Å². The first kappa shape index (κ1) is 18.8. The Morgan fingerprint density at radius 3 is 1.59 bits per heavy atom. The van der Waals surface area contributed by atoms with Gasteiger partial charge in [-0.1, -0.05) is 121 Å². The summed E-state index contributed by atoms with van der Waals surface area (Å²) in [5.74, 6) is 0. The standard InChI is InChI=1S/C32H24/c1-23-21-31-29(22-28(23)24-13-5-2-6-14-24)27-19-11-12-20-30(27)32(31,25-15-7-3-8-16-25)26-17-9-4-10-18-26/h2-22H,1H3. The Morgan fingerprint density at radius 1 is 0.438 bits per heavy atom. The minimum atomic E-state index is -0.325. The van der Waals surface area contributed by atoms with Crippen molar-refractivity contribution in [1.29, 1.82) is 0 Å². The van der Waals surface area contributed by atoms with Crippen molar-refractivity contribution in [3.63, 3.8) is 0 Å². The summed E-state index contributed by atoms with van der Waals surface area (Å²) >= 11 is 0. The fraction of sp³-hybridized carbons (Fsp3) is 0.0625. The van der Waals surface area contributed by atoms with Crippen molar-refractivity contribution < 1.29 is 0 Å². The van der Waals surface area contributed by atoms with Gasteiger partial charge < -0.3 is 0 Å². The van der Waals surface area contributed by atoms with E-state index in [-0.39, 0.29) is 5.41 Å². The highest BCUT2D eigenvalue weighted by atomic mass is 14.5. The van der Waals surface area contributed by atoms with Gasteiger partial charge in [0.25, 0.3) is 0 Å². The molecule has 0 fully saturated rings. The third-order valence-corrected chi connectivity index (χ3v) is 6.89. The summed E-state index contributed by atoms with van der Waals surface area (Å²) in [5.41, 5.74) is 11.6. The second-order valence-electron chi connectivity index (χ2n) is 8.61. The van der Waals surface area contributed by atoms with E-state index < -0.39 is 0 Å². The van der Waals surface area contributed by atoms with Crippen LogP contribution in [0.1, 0.15) is 27.8 Å². The smallest absolute Gasteiger partial charge is 0.0622 e. The topological polar surface area (TPSA) is 0 Å². The lowest BCUT2D eigenvalue weighted by molar-refractivity contribution is 0.767. The number of aryl methyl sites for hydroxylation is 1. The zero-order chi connectivity index (χ0) is 21.5. The monoisotopic (exact) mass is 408 g/mol. The van der Waals surface area contributed by atoms with Crippen LogP contribution in [0.25, 0.3) is 22.3 Å². The molecule has 0 radical (unpaired) electrons. The van der Waals surface area contributed by atoms with E-state index in [4.69, 9.17) is 0 Å². The molecule has 0 heterocycles. The van der Waals surface area contributed by atoms with Gasteiger partial charge in [-0.25, -0.2) is 0 Å². The van der Waals surface area contributed by atoms with Gasteiger partial charge in [0.05, 0.1) is 5.41 Å². The van der Waals surface area contributed by atoms with Crippen LogP contribution in [0, 0.1) is 6.92 Å². The molecule has 1 aliphatic carbocycles. The average molecular weight is 409 g/mol. The van der Waals surface area contributed by atoms with Crippen LogP contribution in [-0.4, -0.2) is 0 Å². The zero-order valence-corrected chi connectivity index (χ0v) is 18.1. The van der Waals surface area contributed by atoms with E-state index in [1.807, 2.05) is 0 Å². The first-order valence-corrected chi connectivity index (χ1v) is 11.2. The highest BCUT2D eigenvalue weighted by molar-refractivity contribution is 5.89. The molecule has 0 N–H and O–H groups in total. The first-order valence-electron chi connectivity index (χ1n) is 11.2. The van der Waals surface area contributed by atoms with E-state index in [2.05, 4.69) is 134 Å². The average Bonchev–Trinajstić information content (AvgIpc) is 3.15. The number of fused-ring (bicyclic) bond motifs is 3. The molecule has 0 atom stereocenters. The Hall–Kier alpha value is -3.90. The molecular weight excluding hydrogens is 384 g/mol. The third-order valence-electron chi connectivity index (χ3n) is 6.89. The van der Waals surface area contributed by atoms with Crippen LogP contribution in [0.15, 0.2) is 127 Å². The fourth-order valence-electron chi connectivity index (χ4n) is 5.52. The second kappa shape index (κ2) is 7.35. The molecule has 0 heteroatoms. The van der Waals surface area contributed by atoms with Gasteiger partial charge in [-0.2, -0.15) is 0 Å². The summed E-state index contributed by atoms with van der Waals surface area (Å²) in [4.78, 5) is 0. The molecule has 5 aromatic rings. The van der Waals surface area contributed by atoms with Crippen molar-refractivity contribution in [3.8, 4) is 22.3 Å². The van der Waals surface area contributed by atoms with Crippen molar-refractivity contribution >= 4 is 0 Å². The van der Waals surface area contributed by atoms with E-state index in [0.717, 1.165) is 0 Å². The molecule has 1 aliphatic rings. The maximum Gasteiger partial charge on any atom is 0.0713 e. The Balaban J connectivity index is 1.75. The zero-order valence-electron chi connectivity index (χ0n) is 18.1. The van der Waals surface area contributed by atoms with Crippen LogP contribution in [0.4, 0.5) is 0 Å². The van der Waals surface area contributed by atoms with Crippen molar-refractivity contribution in [3.05, 3.63) is 155 Å². The molecule has 0 amide bonds. The maximum atomic E-state index is 2.43. The highest BCUT2D eigenvalue weighted by Gasteiger charge is 2.46.